The van der Waals surface area contributed by atoms with E-state index in [0.29, 0.717) is 11.8 Å². The van der Waals surface area contributed by atoms with Crippen molar-refractivity contribution in [2.75, 3.05) is 6.61 Å². The third kappa shape index (κ3) is 3.03. The van der Waals surface area contributed by atoms with Crippen LogP contribution in [-0.4, -0.2) is 22.7 Å². The molecule has 1 aromatic rings. The van der Waals surface area contributed by atoms with Gasteiger partial charge >= 0.3 is 5.97 Å². The van der Waals surface area contributed by atoms with Crippen LogP contribution in [0.5, 0.6) is 0 Å². The van der Waals surface area contributed by atoms with Gasteiger partial charge in [0.25, 0.3) is 0 Å². The molecule has 6 heteroatoms. The van der Waals surface area contributed by atoms with Gasteiger partial charge in [-0.1, -0.05) is 15.9 Å². The number of hydrogen-bond donors (Lipinski definition) is 0. The third-order valence-electron chi connectivity index (χ3n) is 6.00. The van der Waals surface area contributed by atoms with E-state index in [1.165, 1.54) is 12.5 Å². The van der Waals surface area contributed by atoms with Crippen LogP contribution in [-0.2, 0) is 9.53 Å². The van der Waals surface area contributed by atoms with Crippen molar-refractivity contribution in [1.29, 1.82) is 0 Å². The molecule has 0 heterocycles. The lowest BCUT2D eigenvalue weighted by atomic mass is 9.49. The normalized spacial score (nSPS) is 35.6. The second kappa shape index (κ2) is 5.86. The molecule has 4 aliphatic rings. The van der Waals surface area contributed by atoms with Crippen molar-refractivity contribution >= 4 is 27.7 Å². The number of hydrogen-bond acceptors (Lipinski definition) is 3. The Hall–Kier alpha value is -1.30. The highest BCUT2D eigenvalue weighted by Gasteiger charge is 2.60. The van der Waals surface area contributed by atoms with Crippen LogP contribution in [0.15, 0.2) is 18.2 Å². The SMILES string of the molecule is O=C(COC(=O)C12C[C@@H]3C[C@@H](CC(Br)(C3)C1)C2)c1ccc(F)c(F)c1. The van der Waals surface area contributed by atoms with Gasteiger partial charge in [-0.25, -0.2) is 8.78 Å². The summed E-state index contributed by atoms with van der Waals surface area (Å²) in [5, 5.41) is 0. The Morgan fingerprint density at radius 1 is 1.12 bits per heavy atom. The fraction of sp³-hybridized carbons (Fsp3) is 0.579. The first-order valence-corrected chi connectivity index (χ1v) is 9.42. The Balaban J connectivity index is 1.44. The van der Waals surface area contributed by atoms with E-state index < -0.39 is 29.4 Å². The molecule has 0 radical (unpaired) electrons. The smallest absolute Gasteiger partial charge is 0.312 e. The van der Waals surface area contributed by atoms with Crippen LogP contribution in [0.4, 0.5) is 8.78 Å². The molecule has 0 aliphatic heterocycles. The van der Waals surface area contributed by atoms with Crippen LogP contribution in [0.1, 0.15) is 48.9 Å². The molecule has 4 fully saturated rings. The van der Waals surface area contributed by atoms with Gasteiger partial charge in [0, 0.05) is 9.89 Å². The molecule has 25 heavy (non-hydrogen) atoms. The van der Waals surface area contributed by atoms with Gasteiger partial charge in [-0.15, -0.1) is 0 Å². The molecule has 4 aliphatic carbocycles. The summed E-state index contributed by atoms with van der Waals surface area (Å²) < 4.78 is 31.6. The van der Waals surface area contributed by atoms with E-state index in [1.54, 1.807) is 0 Å². The first kappa shape index (κ1) is 17.1. The van der Waals surface area contributed by atoms with Crippen molar-refractivity contribution in [2.24, 2.45) is 17.3 Å². The number of carbonyl (C=O) groups is 2. The Labute approximate surface area is 153 Å². The van der Waals surface area contributed by atoms with Crippen LogP contribution in [0.2, 0.25) is 0 Å². The van der Waals surface area contributed by atoms with Gasteiger partial charge in [0.2, 0.25) is 0 Å². The Morgan fingerprint density at radius 3 is 2.40 bits per heavy atom. The zero-order valence-electron chi connectivity index (χ0n) is 13.7. The molecule has 4 saturated carbocycles. The summed E-state index contributed by atoms with van der Waals surface area (Å²) in [5.74, 6) is -1.86. The zero-order valence-corrected chi connectivity index (χ0v) is 15.3. The standard InChI is InChI=1S/C19H19BrF2O3/c20-19-7-11-3-12(8-19)6-18(5-11,10-19)17(24)25-9-16(23)13-1-2-14(21)15(22)4-13/h1-2,4,11-12H,3,5-10H2/t11-,12+,18?,19?. The second-order valence-corrected chi connectivity index (χ2v) is 9.70. The molecule has 0 spiro atoms. The average molecular weight is 413 g/mol. The van der Waals surface area contributed by atoms with E-state index in [-0.39, 0.29) is 15.9 Å². The minimum Gasteiger partial charge on any atom is -0.457 e. The lowest BCUT2D eigenvalue weighted by Gasteiger charge is -2.58. The van der Waals surface area contributed by atoms with Crippen LogP contribution in [0.25, 0.3) is 0 Å². The van der Waals surface area contributed by atoms with Crippen LogP contribution in [0.3, 0.4) is 0 Å². The maximum absolute atomic E-state index is 13.2. The molecule has 2 unspecified atom stereocenters. The van der Waals surface area contributed by atoms with Crippen molar-refractivity contribution in [1.82, 2.24) is 0 Å². The predicted octanol–water partition coefficient (Wildman–Crippen LogP) is 4.42. The second-order valence-electron chi connectivity index (χ2n) is 8.02. The highest BCUT2D eigenvalue weighted by atomic mass is 79.9. The topological polar surface area (TPSA) is 43.4 Å². The van der Waals surface area contributed by atoms with E-state index >= 15 is 0 Å². The Bertz CT molecular complexity index is 734. The summed E-state index contributed by atoms with van der Waals surface area (Å²) in [6.45, 7) is -0.434. The maximum Gasteiger partial charge on any atom is 0.312 e. The quantitative estimate of drug-likeness (QED) is 0.417. The van der Waals surface area contributed by atoms with Crippen molar-refractivity contribution in [3.05, 3.63) is 35.4 Å². The highest BCUT2D eigenvalue weighted by molar-refractivity contribution is 9.10. The number of halogens is 3. The number of Topliss-reactive ketones (excluding diaryl/α,β-unsaturated/α-hetero) is 1. The average Bonchev–Trinajstić information content (AvgIpc) is 2.52. The number of ketones is 1. The van der Waals surface area contributed by atoms with Gasteiger partial charge in [-0.05, 0) is 68.6 Å². The summed E-state index contributed by atoms with van der Waals surface area (Å²) >= 11 is 3.84. The number of ether oxygens (including phenoxy) is 1. The van der Waals surface area contributed by atoms with Gasteiger partial charge in [0.1, 0.15) is 0 Å². The van der Waals surface area contributed by atoms with E-state index in [2.05, 4.69) is 15.9 Å². The highest BCUT2D eigenvalue weighted by Crippen LogP contribution is 2.64. The third-order valence-corrected chi connectivity index (χ3v) is 6.93. The number of rotatable bonds is 4. The fourth-order valence-corrected chi connectivity index (χ4v) is 6.88. The fourth-order valence-electron chi connectivity index (χ4n) is 5.43. The number of alkyl halides is 1. The molecule has 5 rings (SSSR count). The predicted molar refractivity (Wildman–Crippen MR) is 90.4 cm³/mol. The Morgan fingerprint density at radius 2 is 1.80 bits per heavy atom. The number of benzene rings is 1. The molecule has 134 valence electrons. The van der Waals surface area contributed by atoms with Crippen molar-refractivity contribution < 1.29 is 23.1 Å². The molecule has 4 bridgehead atoms. The first-order chi connectivity index (χ1) is 11.8. The van der Waals surface area contributed by atoms with Crippen molar-refractivity contribution in [2.45, 2.75) is 42.8 Å². The number of esters is 1. The first-order valence-electron chi connectivity index (χ1n) is 8.63. The molecular formula is C19H19BrF2O3. The summed E-state index contributed by atoms with van der Waals surface area (Å²) in [7, 11) is 0. The van der Waals surface area contributed by atoms with E-state index in [9.17, 15) is 18.4 Å². The summed E-state index contributed by atoms with van der Waals surface area (Å²) in [6, 6.07) is 2.94. The lowest BCUT2D eigenvalue weighted by molar-refractivity contribution is -0.168. The molecule has 1 aromatic carbocycles. The molecule has 4 atom stereocenters. The monoisotopic (exact) mass is 412 g/mol. The van der Waals surface area contributed by atoms with Crippen LogP contribution >= 0.6 is 15.9 Å². The van der Waals surface area contributed by atoms with Gasteiger partial charge in [-0.2, -0.15) is 0 Å². The molecule has 0 amide bonds. The summed E-state index contributed by atoms with van der Waals surface area (Å²) in [5.41, 5.74) is -0.490. The zero-order chi connectivity index (χ0) is 17.8. The largest absolute Gasteiger partial charge is 0.457 e. The van der Waals surface area contributed by atoms with Crippen LogP contribution < -0.4 is 0 Å². The molecular weight excluding hydrogens is 394 g/mol. The van der Waals surface area contributed by atoms with Gasteiger partial charge in [0.05, 0.1) is 5.41 Å². The van der Waals surface area contributed by atoms with Gasteiger partial charge < -0.3 is 4.74 Å². The maximum atomic E-state index is 13.2. The summed E-state index contributed by atoms with van der Waals surface area (Å²) in [6.07, 6.45) is 5.80. The number of carbonyl (C=O) groups excluding carboxylic acids is 2. The minimum absolute atomic E-state index is 0.00849. The summed E-state index contributed by atoms with van der Waals surface area (Å²) in [4.78, 5) is 24.9. The molecule has 3 nitrogen and oxygen atoms in total. The van der Waals surface area contributed by atoms with E-state index in [1.807, 2.05) is 0 Å². The van der Waals surface area contributed by atoms with Crippen LogP contribution in [0, 0.1) is 28.9 Å². The van der Waals surface area contributed by atoms with E-state index in [0.717, 1.165) is 44.2 Å². The molecule has 0 N–H and O–H groups in total. The van der Waals surface area contributed by atoms with Crippen molar-refractivity contribution in [3.8, 4) is 0 Å². The molecule has 0 saturated heterocycles. The Kier molecular flexibility index (Phi) is 4.02. The van der Waals surface area contributed by atoms with Gasteiger partial charge in [-0.3, -0.25) is 9.59 Å². The molecule has 0 aromatic heterocycles. The van der Waals surface area contributed by atoms with Crippen molar-refractivity contribution in [3.63, 3.8) is 0 Å². The van der Waals surface area contributed by atoms with E-state index in [4.69, 9.17) is 4.74 Å². The lowest BCUT2D eigenvalue weighted by Crippen LogP contribution is -2.56. The van der Waals surface area contributed by atoms with Gasteiger partial charge in [0.15, 0.2) is 24.0 Å². The minimum atomic E-state index is -1.08.